The van der Waals surface area contributed by atoms with Gasteiger partial charge in [-0.3, -0.25) is 9.89 Å². The highest BCUT2D eigenvalue weighted by Gasteiger charge is 2.24. The van der Waals surface area contributed by atoms with Crippen molar-refractivity contribution < 1.29 is 9.53 Å². The molecule has 5 nitrogen and oxygen atoms in total. The Balaban J connectivity index is 1.47. The molecule has 1 aromatic heterocycles. The van der Waals surface area contributed by atoms with E-state index >= 15 is 0 Å². The molecule has 0 fully saturated rings. The van der Waals surface area contributed by atoms with Crippen molar-refractivity contribution in [3.8, 4) is 17.0 Å². The van der Waals surface area contributed by atoms with E-state index in [-0.39, 0.29) is 5.91 Å². The van der Waals surface area contributed by atoms with Crippen LogP contribution in [0.3, 0.4) is 0 Å². The van der Waals surface area contributed by atoms with E-state index in [1.54, 1.807) is 6.08 Å². The van der Waals surface area contributed by atoms with Crippen LogP contribution in [0.2, 0.25) is 5.02 Å². The highest BCUT2D eigenvalue weighted by Crippen LogP contribution is 2.29. The van der Waals surface area contributed by atoms with Crippen LogP contribution < -0.4 is 4.74 Å². The number of rotatable bonds is 5. The molecule has 3 aromatic rings. The monoisotopic (exact) mass is 407 g/mol. The maximum atomic E-state index is 12.7. The molecule has 0 unspecified atom stereocenters. The van der Waals surface area contributed by atoms with E-state index in [0.717, 1.165) is 40.2 Å². The van der Waals surface area contributed by atoms with Gasteiger partial charge in [0.05, 0.1) is 12.3 Å². The van der Waals surface area contributed by atoms with Crippen LogP contribution in [0, 0.1) is 0 Å². The van der Waals surface area contributed by atoms with Crippen LogP contribution in [0.4, 0.5) is 0 Å². The van der Waals surface area contributed by atoms with Crippen molar-refractivity contribution in [3.05, 3.63) is 76.5 Å². The highest BCUT2D eigenvalue weighted by molar-refractivity contribution is 6.30. The largest absolute Gasteiger partial charge is 0.494 e. The molecular weight excluding hydrogens is 386 g/mol. The first-order chi connectivity index (χ1) is 14.1. The van der Waals surface area contributed by atoms with Gasteiger partial charge >= 0.3 is 0 Å². The molecule has 1 amide bonds. The Morgan fingerprint density at radius 2 is 1.97 bits per heavy atom. The zero-order valence-corrected chi connectivity index (χ0v) is 16.9. The second-order valence-corrected chi connectivity index (χ2v) is 7.32. The molecular formula is C23H22ClN3O2. The molecule has 0 atom stereocenters. The van der Waals surface area contributed by atoms with E-state index in [1.807, 2.05) is 66.4 Å². The Labute approximate surface area is 175 Å². The number of aromatic amines is 1. The third-order valence-corrected chi connectivity index (χ3v) is 5.22. The summed E-state index contributed by atoms with van der Waals surface area (Å²) in [6, 6.07) is 15.3. The lowest BCUT2D eigenvalue weighted by Crippen LogP contribution is -2.34. The number of halogens is 1. The van der Waals surface area contributed by atoms with Crippen LogP contribution in [0.15, 0.2) is 54.6 Å². The minimum Gasteiger partial charge on any atom is -0.494 e. The fourth-order valence-electron chi connectivity index (χ4n) is 3.44. The Bertz CT molecular complexity index is 1020. The minimum absolute atomic E-state index is 0.00668. The van der Waals surface area contributed by atoms with Crippen molar-refractivity contribution >= 4 is 23.6 Å². The Morgan fingerprint density at radius 1 is 1.21 bits per heavy atom. The van der Waals surface area contributed by atoms with Gasteiger partial charge in [0.25, 0.3) is 0 Å². The molecule has 1 aliphatic heterocycles. The maximum Gasteiger partial charge on any atom is 0.246 e. The van der Waals surface area contributed by atoms with Gasteiger partial charge in [-0.2, -0.15) is 5.10 Å². The summed E-state index contributed by atoms with van der Waals surface area (Å²) in [5.74, 6) is 0.821. The van der Waals surface area contributed by atoms with Gasteiger partial charge in [0.2, 0.25) is 5.91 Å². The molecule has 148 valence electrons. The number of hydrogen-bond acceptors (Lipinski definition) is 3. The summed E-state index contributed by atoms with van der Waals surface area (Å²) >= 11 is 6.00. The average Bonchev–Trinajstić information content (AvgIpc) is 3.17. The molecule has 1 aliphatic rings. The van der Waals surface area contributed by atoms with Gasteiger partial charge in [0, 0.05) is 47.4 Å². The average molecular weight is 408 g/mol. The predicted molar refractivity (Wildman–Crippen MR) is 115 cm³/mol. The zero-order chi connectivity index (χ0) is 20.2. The number of ether oxygens (including phenoxy) is 1. The second-order valence-electron chi connectivity index (χ2n) is 6.88. The molecule has 29 heavy (non-hydrogen) atoms. The van der Waals surface area contributed by atoms with E-state index in [2.05, 4.69) is 10.2 Å². The second kappa shape index (κ2) is 8.53. The standard InChI is InChI=1S/C23H22ClN3O2/c1-2-29-19-10-3-16(4-11-19)5-12-22(28)27-14-13-21-20(15-27)23(26-25-21)17-6-8-18(24)9-7-17/h3-12H,2,13-15H2,1H3,(H,25,26)/b12-5+. The third-order valence-electron chi connectivity index (χ3n) is 4.97. The van der Waals surface area contributed by atoms with Gasteiger partial charge < -0.3 is 9.64 Å². The summed E-state index contributed by atoms with van der Waals surface area (Å²) in [4.78, 5) is 14.6. The first-order valence-corrected chi connectivity index (χ1v) is 10.0. The molecule has 4 rings (SSSR count). The fourth-order valence-corrected chi connectivity index (χ4v) is 3.57. The normalized spacial score (nSPS) is 13.5. The van der Waals surface area contributed by atoms with Crippen molar-refractivity contribution in [2.45, 2.75) is 19.9 Å². The molecule has 0 bridgehead atoms. The number of nitrogens with zero attached hydrogens (tertiary/aromatic N) is 2. The number of carbonyl (C=O) groups is 1. The number of nitrogens with one attached hydrogen (secondary N) is 1. The van der Waals surface area contributed by atoms with Crippen molar-refractivity contribution in [2.75, 3.05) is 13.2 Å². The number of benzene rings is 2. The third kappa shape index (κ3) is 4.35. The van der Waals surface area contributed by atoms with Gasteiger partial charge in [0.1, 0.15) is 5.75 Å². The molecule has 6 heteroatoms. The van der Waals surface area contributed by atoms with Crippen LogP contribution >= 0.6 is 11.6 Å². The summed E-state index contributed by atoms with van der Waals surface area (Å²) < 4.78 is 5.45. The number of fused-ring (bicyclic) bond motifs is 1. The summed E-state index contributed by atoms with van der Waals surface area (Å²) in [5.41, 5.74) is 5.00. The minimum atomic E-state index is -0.00668. The molecule has 1 N–H and O–H groups in total. The Morgan fingerprint density at radius 3 is 2.69 bits per heavy atom. The van der Waals surface area contributed by atoms with Gasteiger partial charge in [-0.05, 0) is 42.8 Å². The molecule has 2 aromatic carbocycles. The van der Waals surface area contributed by atoms with Crippen molar-refractivity contribution in [1.29, 1.82) is 0 Å². The quantitative estimate of drug-likeness (QED) is 0.622. The number of H-pyrrole nitrogens is 1. The van der Waals surface area contributed by atoms with Crippen LogP contribution in [-0.2, 0) is 17.8 Å². The lowest BCUT2D eigenvalue weighted by molar-refractivity contribution is -0.126. The zero-order valence-electron chi connectivity index (χ0n) is 16.2. The molecule has 2 heterocycles. The Hall–Kier alpha value is -3.05. The van der Waals surface area contributed by atoms with E-state index in [0.29, 0.717) is 24.7 Å². The molecule has 0 radical (unpaired) electrons. The topological polar surface area (TPSA) is 58.2 Å². The molecule has 0 saturated carbocycles. The Kier molecular flexibility index (Phi) is 5.67. The predicted octanol–water partition coefficient (Wildman–Crippen LogP) is 4.73. The number of hydrogen-bond donors (Lipinski definition) is 1. The maximum absolute atomic E-state index is 12.7. The SMILES string of the molecule is CCOc1ccc(/C=C/C(=O)N2CCc3[nH]nc(-c4ccc(Cl)cc4)c3C2)cc1. The fraction of sp³-hybridized carbons (Fsp3) is 0.217. The number of carbonyl (C=O) groups excluding carboxylic acids is 1. The van der Waals surface area contributed by atoms with E-state index in [4.69, 9.17) is 16.3 Å². The van der Waals surface area contributed by atoms with Crippen LogP contribution in [0.1, 0.15) is 23.7 Å². The van der Waals surface area contributed by atoms with E-state index in [9.17, 15) is 4.79 Å². The molecule has 0 saturated heterocycles. The van der Waals surface area contributed by atoms with E-state index in [1.165, 1.54) is 0 Å². The first kappa shape index (κ1) is 19.3. The summed E-state index contributed by atoms with van der Waals surface area (Å²) in [6.07, 6.45) is 4.23. The van der Waals surface area contributed by atoms with Crippen molar-refractivity contribution in [2.24, 2.45) is 0 Å². The van der Waals surface area contributed by atoms with Crippen LogP contribution in [0.5, 0.6) is 5.75 Å². The van der Waals surface area contributed by atoms with Crippen LogP contribution in [-0.4, -0.2) is 34.2 Å². The van der Waals surface area contributed by atoms with Gasteiger partial charge in [-0.1, -0.05) is 35.9 Å². The van der Waals surface area contributed by atoms with Gasteiger partial charge in [-0.15, -0.1) is 0 Å². The van der Waals surface area contributed by atoms with Crippen LogP contribution in [0.25, 0.3) is 17.3 Å². The molecule has 0 aliphatic carbocycles. The van der Waals surface area contributed by atoms with Gasteiger partial charge in [0.15, 0.2) is 0 Å². The molecule has 0 spiro atoms. The summed E-state index contributed by atoms with van der Waals surface area (Å²) in [6.45, 7) is 3.80. The van der Waals surface area contributed by atoms with Crippen molar-refractivity contribution in [3.63, 3.8) is 0 Å². The van der Waals surface area contributed by atoms with Crippen molar-refractivity contribution in [1.82, 2.24) is 15.1 Å². The van der Waals surface area contributed by atoms with E-state index < -0.39 is 0 Å². The summed E-state index contributed by atoms with van der Waals surface area (Å²) in [7, 11) is 0. The lowest BCUT2D eigenvalue weighted by atomic mass is 10.0. The lowest BCUT2D eigenvalue weighted by Gasteiger charge is -2.26. The summed E-state index contributed by atoms with van der Waals surface area (Å²) in [5, 5.41) is 8.28. The van der Waals surface area contributed by atoms with Gasteiger partial charge in [-0.25, -0.2) is 0 Å². The number of aromatic nitrogens is 2. The first-order valence-electron chi connectivity index (χ1n) is 9.66. The number of amides is 1. The highest BCUT2D eigenvalue weighted by atomic mass is 35.5. The smallest absolute Gasteiger partial charge is 0.246 e.